The van der Waals surface area contributed by atoms with Crippen LogP contribution in [0.5, 0.6) is 0 Å². The molecule has 40 heavy (non-hydrogen) atoms. The van der Waals surface area contributed by atoms with Crippen molar-refractivity contribution in [2.45, 2.75) is 64.8 Å². The summed E-state index contributed by atoms with van der Waals surface area (Å²) in [5, 5.41) is 3.09. The third-order valence-corrected chi connectivity index (χ3v) is 8.35. The number of para-hydroxylation sites is 3. The second kappa shape index (κ2) is 13.6. The van der Waals surface area contributed by atoms with Gasteiger partial charge in [-0.1, -0.05) is 75.9 Å². The van der Waals surface area contributed by atoms with Gasteiger partial charge in [0.1, 0.15) is 6.04 Å². The van der Waals surface area contributed by atoms with Crippen LogP contribution in [0.3, 0.4) is 0 Å². The summed E-state index contributed by atoms with van der Waals surface area (Å²) in [6.07, 6.45) is 8.27. The predicted molar refractivity (Wildman–Crippen MR) is 161 cm³/mol. The third-order valence-electron chi connectivity index (χ3n) is 8.35. The quantitative estimate of drug-likeness (QED) is 0.341. The number of nitrogens with one attached hydrogen (secondary N) is 1. The molecule has 0 spiro atoms. The van der Waals surface area contributed by atoms with Crippen LogP contribution in [0.2, 0.25) is 0 Å². The molecule has 1 saturated carbocycles. The van der Waals surface area contributed by atoms with Crippen molar-refractivity contribution in [2.24, 2.45) is 29.4 Å². The van der Waals surface area contributed by atoms with E-state index in [4.69, 9.17) is 5.73 Å². The summed E-state index contributed by atoms with van der Waals surface area (Å²) in [7, 11) is 0. The number of allylic oxidation sites excluding steroid dienone is 1. The highest BCUT2D eigenvalue weighted by Gasteiger charge is 2.39. The summed E-state index contributed by atoms with van der Waals surface area (Å²) < 4.78 is 0. The Bertz CT molecular complexity index is 1180. The Morgan fingerprint density at radius 2 is 1.68 bits per heavy atom. The molecule has 4 rings (SSSR count). The standard InChI is InChI=1S/C33H44N4O3/c1-4-12-26(31(34)38)27(21-23(2)3)32(39)35-28-22-37(25-15-6-5-7-16-25)30-18-11-10-17-29(30)36(33(28)40)20-19-24-13-8-9-14-24/h4-7,10-11,15-18,23-24,26-28H,1,8-9,12-14,19-22H2,2-3H3,(H2,34,38)(H,35,39). The minimum atomic E-state index is -0.796. The minimum absolute atomic E-state index is 0.125. The molecule has 3 unspecified atom stereocenters. The van der Waals surface area contributed by atoms with E-state index in [9.17, 15) is 14.4 Å². The number of carbonyl (C=O) groups is 3. The van der Waals surface area contributed by atoms with Gasteiger partial charge in [-0.3, -0.25) is 14.4 Å². The van der Waals surface area contributed by atoms with Gasteiger partial charge in [-0.15, -0.1) is 6.58 Å². The van der Waals surface area contributed by atoms with Crippen molar-refractivity contribution >= 4 is 34.8 Å². The Labute approximate surface area is 238 Å². The molecule has 3 atom stereocenters. The minimum Gasteiger partial charge on any atom is -0.369 e. The Morgan fingerprint density at radius 1 is 1.02 bits per heavy atom. The highest BCUT2D eigenvalue weighted by molar-refractivity contribution is 6.04. The maximum atomic E-state index is 14.3. The van der Waals surface area contributed by atoms with Gasteiger partial charge in [0.2, 0.25) is 11.8 Å². The molecular weight excluding hydrogens is 500 g/mol. The van der Waals surface area contributed by atoms with Crippen molar-refractivity contribution in [1.29, 1.82) is 0 Å². The van der Waals surface area contributed by atoms with Crippen molar-refractivity contribution in [1.82, 2.24) is 5.32 Å². The van der Waals surface area contributed by atoms with Gasteiger partial charge >= 0.3 is 0 Å². The van der Waals surface area contributed by atoms with Crippen molar-refractivity contribution < 1.29 is 14.4 Å². The normalized spacial score (nSPS) is 19.2. The smallest absolute Gasteiger partial charge is 0.251 e. The SMILES string of the molecule is C=CCC(C(N)=O)C(CC(C)C)C(=O)NC1CN(c2ccccc2)c2ccccc2N(CCC2CCCC2)C1=O. The average molecular weight is 545 g/mol. The van der Waals surface area contributed by atoms with E-state index in [1.54, 1.807) is 6.08 Å². The molecule has 2 aliphatic rings. The number of hydrogen-bond acceptors (Lipinski definition) is 4. The summed E-state index contributed by atoms with van der Waals surface area (Å²) in [4.78, 5) is 44.5. The zero-order valence-electron chi connectivity index (χ0n) is 23.9. The summed E-state index contributed by atoms with van der Waals surface area (Å²) in [5.74, 6) is -1.50. The lowest BCUT2D eigenvalue weighted by Crippen LogP contribution is -2.54. The largest absolute Gasteiger partial charge is 0.369 e. The first-order valence-corrected chi connectivity index (χ1v) is 14.7. The molecule has 1 aliphatic carbocycles. The fourth-order valence-electron chi connectivity index (χ4n) is 6.29. The van der Waals surface area contributed by atoms with E-state index in [1.165, 1.54) is 25.7 Å². The molecule has 0 bridgehead atoms. The van der Waals surface area contributed by atoms with Crippen LogP contribution in [-0.4, -0.2) is 36.9 Å². The number of benzene rings is 2. The lowest BCUT2D eigenvalue weighted by molar-refractivity contribution is -0.135. The van der Waals surface area contributed by atoms with Gasteiger partial charge in [-0.2, -0.15) is 0 Å². The molecule has 0 aromatic heterocycles. The van der Waals surface area contributed by atoms with Crippen LogP contribution in [0.4, 0.5) is 17.1 Å². The Morgan fingerprint density at radius 3 is 2.30 bits per heavy atom. The van der Waals surface area contributed by atoms with Crippen LogP contribution in [-0.2, 0) is 14.4 Å². The summed E-state index contributed by atoms with van der Waals surface area (Å²) >= 11 is 0. The first-order valence-electron chi connectivity index (χ1n) is 14.7. The molecule has 1 heterocycles. The van der Waals surface area contributed by atoms with Gasteiger partial charge in [0, 0.05) is 12.2 Å². The van der Waals surface area contributed by atoms with E-state index < -0.39 is 23.8 Å². The maximum absolute atomic E-state index is 14.3. The van der Waals surface area contributed by atoms with E-state index in [2.05, 4.69) is 16.8 Å². The van der Waals surface area contributed by atoms with Crippen LogP contribution in [0.15, 0.2) is 67.3 Å². The topological polar surface area (TPSA) is 95.7 Å². The first kappa shape index (κ1) is 29.4. The van der Waals surface area contributed by atoms with E-state index in [-0.39, 0.29) is 24.3 Å². The number of anilines is 3. The predicted octanol–water partition coefficient (Wildman–Crippen LogP) is 5.58. The van der Waals surface area contributed by atoms with Gasteiger partial charge in [0.05, 0.1) is 29.8 Å². The summed E-state index contributed by atoms with van der Waals surface area (Å²) in [5.41, 5.74) is 8.48. The van der Waals surface area contributed by atoms with Crippen LogP contribution in [0.25, 0.3) is 0 Å². The monoisotopic (exact) mass is 544 g/mol. The molecule has 1 aliphatic heterocycles. The number of nitrogens with two attached hydrogens (primary N) is 1. The van der Waals surface area contributed by atoms with Crippen molar-refractivity contribution in [3.05, 3.63) is 67.3 Å². The van der Waals surface area contributed by atoms with Crippen molar-refractivity contribution in [3.8, 4) is 0 Å². The number of nitrogens with zero attached hydrogens (tertiary/aromatic N) is 2. The number of carbonyl (C=O) groups excluding carboxylic acids is 3. The molecule has 214 valence electrons. The molecule has 7 heteroatoms. The van der Waals surface area contributed by atoms with Gasteiger partial charge in [-0.05, 0) is 55.4 Å². The maximum Gasteiger partial charge on any atom is 0.251 e. The zero-order valence-corrected chi connectivity index (χ0v) is 23.9. The highest BCUT2D eigenvalue weighted by atomic mass is 16.2. The number of primary amides is 1. The third kappa shape index (κ3) is 6.93. The molecule has 2 aromatic rings. The van der Waals surface area contributed by atoms with Gasteiger partial charge in [0.15, 0.2) is 0 Å². The molecule has 3 N–H and O–H groups in total. The van der Waals surface area contributed by atoms with Crippen LogP contribution in [0, 0.1) is 23.7 Å². The first-order chi connectivity index (χ1) is 19.3. The Hall–Kier alpha value is -3.61. The summed E-state index contributed by atoms with van der Waals surface area (Å²) in [6, 6.07) is 17.1. The van der Waals surface area contributed by atoms with Crippen molar-refractivity contribution in [2.75, 3.05) is 22.9 Å². The molecule has 0 saturated heterocycles. The van der Waals surface area contributed by atoms with E-state index in [0.29, 0.717) is 25.3 Å². The highest BCUT2D eigenvalue weighted by Crippen LogP contribution is 2.38. The molecular formula is C33H44N4O3. The second-order valence-corrected chi connectivity index (χ2v) is 11.7. The molecule has 3 amide bonds. The van der Waals surface area contributed by atoms with Gasteiger partial charge in [-0.25, -0.2) is 0 Å². The fraction of sp³-hybridized carbons (Fsp3) is 0.485. The van der Waals surface area contributed by atoms with Crippen molar-refractivity contribution in [3.63, 3.8) is 0 Å². The molecule has 0 radical (unpaired) electrons. The number of hydrogen-bond donors (Lipinski definition) is 2. The average Bonchev–Trinajstić information content (AvgIpc) is 3.43. The lowest BCUT2D eigenvalue weighted by atomic mass is 9.82. The Balaban J connectivity index is 1.70. The Kier molecular flexibility index (Phi) is 10.0. The van der Waals surface area contributed by atoms with E-state index >= 15 is 0 Å². The van der Waals surface area contributed by atoms with Crippen LogP contribution in [0.1, 0.15) is 58.8 Å². The number of fused-ring (bicyclic) bond motifs is 1. The second-order valence-electron chi connectivity index (χ2n) is 11.7. The van der Waals surface area contributed by atoms with Crippen LogP contribution >= 0.6 is 0 Å². The molecule has 2 aromatic carbocycles. The molecule has 1 fully saturated rings. The zero-order chi connectivity index (χ0) is 28.6. The fourth-order valence-corrected chi connectivity index (χ4v) is 6.29. The van der Waals surface area contributed by atoms with Crippen LogP contribution < -0.4 is 20.9 Å². The van der Waals surface area contributed by atoms with Gasteiger partial charge < -0.3 is 20.9 Å². The number of amides is 3. The van der Waals surface area contributed by atoms with E-state index in [0.717, 1.165) is 23.5 Å². The van der Waals surface area contributed by atoms with E-state index in [1.807, 2.05) is 73.3 Å². The summed E-state index contributed by atoms with van der Waals surface area (Å²) in [6.45, 7) is 8.68. The molecule has 7 nitrogen and oxygen atoms in total. The number of rotatable bonds is 12. The lowest BCUT2D eigenvalue weighted by Gasteiger charge is -2.30. The van der Waals surface area contributed by atoms with Gasteiger partial charge in [0.25, 0.3) is 5.91 Å².